The van der Waals surface area contributed by atoms with Crippen molar-refractivity contribution in [3.05, 3.63) is 74.8 Å². The second-order valence-corrected chi connectivity index (χ2v) is 6.20. The van der Waals surface area contributed by atoms with Gasteiger partial charge in [0.05, 0.1) is 10.9 Å². The number of hydrogen-bond acceptors (Lipinski definition) is 2. The molecule has 0 aliphatic heterocycles. The maximum Gasteiger partial charge on any atom is 0.258 e. The zero-order chi connectivity index (χ0) is 16.4. The number of H-pyrrole nitrogens is 1. The van der Waals surface area contributed by atoms with Gasteiger partial charge in [0.1, 0.15) is 12.6 Å². The lowest BCUT2D eigenvalue weighted by Gasteiger charge is -2.13. The van der Waals surface area contributed by atoms with Crippen LogP contribution in [0.25, 0.3) is 10.9 Å². The first-order valence-corrected chi connectivity index (χ1v) is 7.99. The fourth-order valence-corrected chi connectivity index (χ4v) is 2.94. The standard InChI is InChI=1S/C18H18ClN3O/c1-11-5-3-4-6-14(11)12(2)20-10-17-21-16-9-13(19)7-8-15(16)18(23)22-17/h3-9,12,20H,10H2,1-2H3,(H,21,22,23)/p+1/t12-/m0/s1. The van der Waals surface area contributed by atoms with Crippen LogP contribution in [0.15, 0.2) is 47.3 Å². The lowest BCUT2D eigenvalue weighted by Crippen LogP contribution is -2.83. The monoisotopic (exact) mass is 328 g/mol. The molecular weight excluding hydrogens is 310 g/mol. The molecule has 3 N–H and O–H groups in total. The Bertz CT molecular complexity index is 904. The first-order chi connectivity index (χ1) is 11.0. The Morgan fingerprint density at radius 1 is 1.26 bits per heavy atom. The fraction of sp³-hybridized carbons (Fsp3) is 0.222. The summed E-state index contributed by atoms with van der Waals surface area (Å²) in [6.45, 7) is 4.86. The van der Waals surface area contributed by atoms with Crippen molar-refractivity contribution in [3.63, 3.8) is 0 Å². The van der Waals surface area contributed by atoms with E-state index >= 15 is 0 Å². The smallest absolute Gasteiger partial charge is 0.258 e. The average Bonchev–Trinajstić information content (AvgIpc) is 2.52. The molecule has 0 saturated carbocycles. The van der Waals surface area contributed by atoms with Crippen molar-refractivity contribution in [1.82, 2.24) is 9.97 Å². The lowest BCUT2D eigenvalue weighted by molar-refractivity contribution is -0.708. The van der Waals surface area contributed by atoms with E-state index in [0.29, 0.717) is 28.3 Å². The number of aryl methyl sites for hydroxylation is 1. The van der Waals surface area contributed by atoms with Gasteiger partial charge < -0.3 is 10.3 Å². The summed E-state index contributed by atoms with van der Waals surface area (Å²) in [7, 11) is 0. The summed E-state index contributed by atoms with van der Waals surface area (Å²) in [4.78, 5) is 19.5. The first-order valence-electron chi connectivity index (χ1n) is 7.62. The van der Waals surface area contributed by atoms with Crippen LogP contribution in [0.4, 0.5) is 0 Å². The number of nitrogens with one attached hydrogen (secondary N) is 1. The van der Waals surface area contributed by atoms with Crippen LogP contribution in [-0.2, 0) is 6.54 Å². The predicted octanol–water partition coefficient (Wildman–Crippen LogP) is 2.71. The highest BCUT2D eigenvalue weighted by Gasteiger charge is 2.12. The molecule has 23 heavy (non-hydrogen) atoms. The molecular formula is C18H19ClN3O+. The number of fused-ring (bicyclic) bond motifs is 1. The van der Waals surface area contributed by atoms with Gasteiger partial charge in [-0.25, -0.2) is 4.98 Å². The largest absolute Gasteiger partial charge is 0.334 e. The maximum atomic E-state index is 12.1. The Morgan fingerprint density at radius 2 is 2.04 bits per heavy atom. The normalized spacial score (nSPS) is 12.5. The van der Waals surface area contributed by atoms with E-state index in [2.05, 4.69) is 41.3 Å². The molecule has 3 aromatic rings. The van der Waals surface area contributed by atoms with E-state index in [0.717, 1.165) is 0 Å². The molecule has 5 heteroatoms. The summed E-state index contributed by atoms with van der Waals surface area (Å²) in [5.41, 5.74) is 3.06. The Hall–Kier alpha value is -2.17. The molecule has 0 saturated heterocycles. The first kappa shape index (κ1) is 15.7. The van der Waals surface area contributed by atoms with Gasteiger partial charge in [0.25, 0.3) is 5.56 Å². The molecule has 0 aliphatic carbocycles. The molecule has 0 unspecified atom stereocenters. The van der Waals surface area contributed by atoms with E-state index in [1.165, 1.54) is 11.1 Å². The number of halogens is 1. The highest BCUT2D eigenvalue weighted by Crippen LogP contribution is 2.15. The molecule has 0 spiro atoms. The van der Waals surface area contributed by atoms with Crippen LogP contribution < -0.4 is 10.9 Å². The van der Waals surface area contributed by atoms with E-state index in [1.54, 1.807) is 18.2 Å². The van der Waals surface area contributed by atoms with Gasteiger partial charge in [0.15, 0.2) is 5.82 Å². The van der Waals surface area contributed by atoms with Crippen molar-refractivity contribution in [2.75, 3.05) is 0 Å². The van der Waals surface area contributed by atoms with Gasteiger partial charge in [-0.2, -0.15) is 0 Å². The van der Waals surface area contributed by atoms with E-state index in [9.17, 15) is 4.79 Å². The predicted molar refractivity (Wildman–Crippen MR) is 92.6 cm³/mol. The molecule has 0 amide bonds. The van der Waals surface area contributed by atoms with Gasteiger partial charge in [0, 0.05) is 10.6 Å². The number of nitrogens with zero attached hydrogens (tertiary/aromatic N) is 1. The third kappa shape index (κ3) is 3.44. The Morgan fingerprint density at radius 3 is 2.83 bits per heavy atom. The quantitative estimate of drug-likeness (QED) is 0.773. The van der Waals surface area contributed by atoms with Crippen LogP contribution in [0, 0.1) is 6.92 Å². The van der Waals surface area contributed by atoms with Crippen LogP contribution in [0.3, 0.4) is 0 Å². The Balaban J connectivity index is 1.82. The van der Waals surface area contributed by atoms with Crippen molar-refractivity contribution in [3.8, 4) is 0 Å². The average molecular weight is 329 g/mol. The van der Waals surface area contributed by atoms with E-state index < -0.39 is 0 Å². The van der Waals surface area contributed by atoms with E-state index in [-0.39, 0.29) is 11.6 Å². The van der Waals surface area contributed by atoms with Gasteiger partial charge in [-0.3, -0.25) is 4.79 Å². The van der Waals surface area contributed by atoms with Crippen molar-refractivity contribution >= 4 is 22.5 Å². The van der Waals surface area contributed by atoms with Crippen LogP contribution >= 0.6 is 11.6 Å². The molecule has 118 valence electrons. The van der Waals surface area contributed by atoms with Gasteiger partial charge in [-0.1, -0.05) is 35.9 Å². The molecule has 0 fully saturated rings. The minimum absolute atomic E-state index is 0.126. The zero-order valence-electron chi connectivity index (χ0n) is 13.1. The summed E-state index contributed by atoms with van der Waals surface area (Å²) >= 11 is 5.99. The number of rotatable bonds is 4. The van der Waals surface area contributed by atoms with E-state index in [4.69, 9.17) is 11.6 Å². The Kier molecular flexibility index (Phi) is 4.46. The summed E-state index contributed by atoms with van der Waals surface area (Å²) in [5.74, 6) is 0.658. The van der Waals surface area contributed by atoms with Crippen molar-refractivity contribution in [2.45, 2.75) is 26.4 Å². The van der Waals surface area contributed by atoms with Crippen LogP contribution in [0.2, 0.25) is 5.02 Å². The minimum Gasteiger partial charge on any atom is -0.334 e. The number of quaternary nitrogens is 1. The van der Waals surface area contributed by atoms with Crippen LogP contribution in [0.1, 0.15) is 29.9 Å². The lowest BCUT2D eigenvalue weighted by atomic mass is 10.0. The molecule has 0 bridgehead atoms. The van der Waals surface area contributed by atoms with E-state index in [1.807, 2.05) is 12.1 Å². The second-order valence-electron chi connectivity index (χ2n) is 5.76. The number of benzene rings is 2. The molecule has 2 aromatic carbocycles. The minimum atomic E-state index is -0.126. The fourth-order valence-electron chi connectivity index (χ4n) is 2.77. The highest BCUT2D eigenvalue weighted by molar-refractivity contribution is 6.31. The zero-order valence-corrected chi connectivity index (χ0v) is 13.9. The van der Waals surface area contributed by atoms with Crippen LogP contribution in [0.5, 0.6) is 0 Å². The summed E-state index contributed by atoms with van der Waals surface area (Å²) < 4.78 is 0. The third-order valence-corrected chi connectivity index (χ3v) is 4.30. The Labute approximate surface area is 139 Å². The summed E-state index contributed by atoms with van der Waals surface area (Å²) in [6, 6.07) is 13.7. The van der Waals surface area contributed by atoms with Gasteiger partial charge in [-0.15, -0.1) is 0 Å². The van der Waals surface area contributed by atoms with Gasteiger partial charge in [-0.05, 0) is 37.6 Å². The maximum absolute atomic E-state index is 12.1. The molecule has 3 rings (SSSR count). The highest BCUT2D eigenvalue weighted by atomic mass is 35.5. The molecule has 0 radical (unpaired) electrons. The second kappa shape index (κ2) is 6.52. The summed E-state index contributed by atoms with van der Waals surface area (Å²) in [5, 5.41) is 3.31. The molecule has 1 aromatic heterocycles. The number of hydrogen-bond donors (Lipinski definition) is 2. The van der Waals surface area contributed by atoms with Crippen molar-refractivity contribution in [2.24, 2.45) is 0 Å². The number of aromatic amines is 1. The van der Waals surface area contributed by atoms with Crippen molar-refractivity contribution < 1.29 is 5.32 Å². The molecule has 1 atom stereocenters. The van der Waals surface area contributed by atoms with Gasteiger partial charge in [0.2, 0.25) is 0 Å². The SMILES string of the molecule is Cc1ccccc1[C@H](C)[NH2+]Cc1nc2cc(Cl)ccc2c(=O)[nH]1. The van der Waals surface area contributed by atoms with Crippen molar-refractivity contribution in [1.29, 1.82) is 0 Å². The number of aromatic nitrogens is 2. The number of nitrogens with two attached hydrogens (primary N) is 1. The molecule has 4 nitrogen and oxygen atoms in total. The van der Waals surface area contributed by atoms with Gasteiger partial charge >= 0.3 is 0 Å². The topological polar surface area (TPSA) is 62.4 Å². The van der Waals surface area contributed by atoms with Crippen LogP contribution in [-0.4, -0.2) is 9.97 Å². The third-order valence-electron chi connectivity index (χ3n) is 4.06. The molecule has 1 heterocycles. The summed E-state index contributed by atoms with van der Waals surface area (Å²) in [6.07, 6.45) is 0. The molecule has 0 aliphatic rings.